The van der Waals surface area contributed by atoms with Crippen molar-refractivity contribution in [2.24, 2.45) is 0 Å². The highest BCUT2D eigenvalue weighted by atomic mass is 35.5. The van der Waals surface area contributed by atoms with Crippen LogP contribution in [-0.2, 0) is 6.54 Å². The number of nitrogens with one attached hydrogen (secondary N) is 1. The quantitative estimate of drug-likeness (QED) is 0.524. The van der Waals surface area contributed by atoms with Crippen LogP contribution in [0.2, 0.25) is 5.02 Å². The van der Waals surface area contributed by atoms with E-state index >= 15 is 0 Å². The number of nitro benzene ring substituents is 1. The molecule has 2 aromatic carbocycles. The van der Waals surface area contributed by atoms with Gasteiger partial charge in [0.25, 0.3) is 11.6 Å². The number of carbonyl (C=O) groups excluding carboxylic acids is 1. The van der Waals surface area contributed by atoms with Gasteiger partial charge in [-0.3, -0.25) is 19.6 Å². The molecule has 0 aliphatic heterocycles. The molecule has 1 heterocycles. The zero-order valence-corrected chi connectivity index (χ0v) is 14.9. The number of amides is 1. The molecule has 0 spiro atoms. The molecule has 0 fully saturated rings. The molecule has 0 bridgehead atoms. The number of nitrogens with zero attached hydrogens (tertiary/aromatic N) is 3. The van der Waals surface area contributed by atoms with Gasteiger partial charge in [0.1, 0.15) is 10.8 Å². The van der Waals surface area contributed by atoms with Crippen LogP contribution in [-0.4, -0.2) is 20.6 Å². The molecule has 1 N–H and O–H groups in total. The zero-order chi connectivity index (χ0) is 19.6. The van der Waals surface area contributed by atoms with Crippen LogP contribution >= 0.6 is 11.6 Å². The fourth-order valence-electron chi connectivity index (χ4n) is 2.63. The second-order valence-electron chi connectivity index (χ2n) is 5.81. The van der Waals surface area contributed by atoms with Crippen molar-refractivity contribution in [2.75, 3.05) is 5.32 Å². The van der Waals surface area contributed by atoms with Crippen LogP contribution in [0.4, 0.5) is 15.9 Å². The van der Waals surface area contributed by atoms with Crippen molar-refractivity contribution in [3.63, 3.8) is 0 Å². The predicted octanol–water partition coefficient (Wildman–Crippen LogP) is 4.19. The van der Waals surface area contributed by atoms with Crippen molar-refractivity contribution in [1.82, 2.24) is 9.78 Å². The summed E-state index contributed by atoms with van der Waals surface area (Å²) in [5.41, 5.74) is 0.933. The van der Waals surface area contributed by atoms with Gasteiger partial charge in [-0.15, -0.1) is 0 Å². The van der Waals surface area contributed by atoms with Gasteiger partial charge in [0.15, 0.2) is 5.82 Å². The number of aromatic nitrogens is 2. The monoisotopic (exact) mass is 388 g/mol. The number of carbonyl (C=O) groups is 1. The fourth-order valence-corrected chi connectivity index (χ4v) is 2.82. The van der Waals surface area contributed by atoms with Gasteiger partial charge in [-0.1, -0.05) is 29.8 Å². The molecule has 1 aromatic heterocycles. The van der Waals surface area contributed by atoms with Crippen LogP contribution in [0, 0.1) is 22.9 Å². The third kappa shape index (κ3) is 4.12. The van der Waals surface area contributed by atoms with Gasteiger partial charge in [0, 0.05) is 23.4 Å². The van der Waals surface area contributed by atoms with E-state index in [1.54, 1.807) is 12.1 Å². The van der Waals surface area contributed by atoms with E-state index in [-0.39, 0.29) is 40.0 Å². The van der Waals surface area contributed by atoms with Crippen molar-refractivity contribution in [2.45, 2.75) is 13.5 Å². The van der Waals surface area contributed by atoms with Crippen molar-refractivity contribution in [3.05, 3.63) is 86.3 Å². The zero-order valence-electron chi connectivity index (χ0n) is 14.1. The van der Waals surface area contributed by atoms with E-state index in [4.69, 9.17) is 11.6 Å². The van der Waals surface area contributed by atoms with Gasteiger partial charge in [-0.05, 0) is 30.7 Å². The Labute approximate surface area is 158 Å². The summed E-state index contributed by atoms with van der Waals surface area (Å²) < 4.78 is 14.7. The van der Waals surface area contributed by atoms with Crippen LogP contribution in [0.5, 0.6) is 0 Å². The molecule has 0 aliphatic carbocycles. The van der Waals surface area contributed by atoms with Gasteiger partial charge in [-0.25, -0.2) is 4.39 Å². The summed E-state index contributed by atoms with van der Waals surface area (Å²) in [4.78, 5) is 23.0. The molecule has 27 heavy (non-hydrogen) atoms. The molecule has 0 aliphatic rings. The molecule has 9 heteroatoms. The van der Waals surface area contributed by atoms with Gasteiger partial charge in [-0.2, -0.15) is 5.10 Å². The van der Waals surface area contributed by atoms with Gasteiger partial charge in [0.2, 0.25) is 0 Å². The molecule has 0 unspecified atom stereocenters. The van der Waals surface area contributed by atoms with E-state index in [0.29, 0.717) is 5.56 Å². The second kappa shape index (κ2) is 7.55. The largest absolute Gasteiger partial charge is 0.304 e. The van der Waals surface area contributed by atoms with Crippen LogP contribution < -0.4 is 5.32 Å². The minimum atomic E-state index is -0.561. The summed E-state index contributed by atoms with van der Waals surface area (Å²) in [6, 6.07) is 10.3. The maximum Gasteiger partial charge on any atom is 0.273 e. The minimum Gasteiger partial charge on any atom is -0.304 e. The van der Waals surface area contributed by atoms with Gasteiger partial charge in [0.05, 0.1) is 11.5 Å². The van der Waals surface area contributed by atoms with Gasteiger partial charge >= 0.3 is 0 Å². The van der Waals surface area contributed by atoms with Crippen LogP contribution in [0.1, 0.15) is 21.5 Å². The molecule has 0 saturated heterocycles. The maximum atomic E-state index is 13.3. The summed E-state index contributed by atoms with van der Waals surface area (Å²) in [5.74, 6) is -0.807. The molecular formula is C18H14ClFN4O3. The third-order valence-electron chi connectivity index (χ3n) is 3.93. The normalized spacial score (nSPS) is 10.6. The van der Waals surface area contributed by atoms with Crippen LogP contribution in [0.25, 0.3) is 0 Å². The third-order valence-corrected chi connectivity index (χ3v) is 4.21. The lowest BCUT2D eigenvalue weighted by Crippen LogP contribution is -2.15. The number of benzene rings is 2. The van der Waals surface area contributed by atoms with E-state index in [2.05, 4.69) is 10.4 Å². The summed E-state index contributed by atoms with van der Waals surface area (Å²) in [5, 5.41) is 18.0. The Morgan fingerprint density at radius 1 is 1.33 bits per heavy atom. The molecule has 0 radical (unpaired) electrons. The smallest absolute Gasteiger partial charge is 0.273 e. The first-order valence-corrected chi connectivity index (χ1v) is 8.25. The van der Waals surface area contributed by atoms with Crippen molar-refractivity contribution in [1.29, 1.82) is 0 Å². The SMILES string of the molecule is Cc1c(C(=O)Nc2nn(Cc3cccc(F)c3)cc2Cl)cccc1[N+](=O)[O-]. The fraction of sp³-hybridized carbons (Fsp3) is 0.111. The second-order valence-corrected chi connectivity index (χ2v) is 6.22. The van der Waals surface area contributed by atoms with E-state index in [1.807, 2.05) is 0 Å². The molecule has 3 aromatic rings. The van der Waals surface area contributed by atoms with E-state index < -0.39 is 10.8 Å². The minimum absolute atomic E-state index is 0.115. The molecule has 0 saturated carbocycles. The number of rotatable bonds is 5. The Morgan fingerprint density at radius 3 is 2.78 bits per heavy atom. The van der Waals surface area contributed by atoms with Crippen molar-refractivity contribution >= 4 is 29.0 Å². The highest BCUT2D eigenvalue weighted by Crippen LogP contribution is 2.24. The molecule has 1 amide bonds. The lowest BCUT2D eigenvalue weighted by atomic mass is 10.1. The number of anilines is 1. The number of halogens is 2. The topological polar surface area (TPSA) is 90.1 Å². The summed E-state index contributed by atoms with van der Waals surface area (Å²) in [7, 11) is 0. The molecular weight excluding hydrogens is 375 g/mol. The Kier molecular flexibility index (Phi) is 5.18. The first-order valence-electron chi connectivity index (χ1n) is 7.88. The number of hydrogen-bond donors (Lipinski definition) is 1. The maximum absolute atomic E-state index is 13.3. The molecule has 0 atom stereocenters. The van der Waals surface area contributed by atoms with E-state index in [1.165, 1.54) is 48.1 Å². The number of nitro groups is 1. The first kappa shape index (κ1) is 18.5. The lowest BCUT2D eigenvalue weighted by molar-refractivity contribution is -0.385. The predicted molar refractivity (Wildman–Crippen MR) is 98.5 cm³/mol. The van der Waals surface area contributed by atoms with E-state index in [9.17, 15) is 19.3 Å². The Balaban J connectivity index is 1.80. The highest BCUT2D eigenvalue weighted by molar-refractivity contribution is 6.33. The molecule has 3 rings (SSSR count). The van der Waals surface area contributed by atoms with Gasteiger partial charge < -0.3 is 5.32 Å². The van der Waals surface area contributed by atoms with Crippen LogP contribution in [0.3, 0.4) is 0 Å². The first-order chi connectivity index (χ1) is 12.8. The number of hydrogen-bond acceptors (Lipinski definition) is 4. The Morgan fingerprint density at radius 2 is 2.07 bits per heavy atom. The molecule has 7 nitrogen and oxygen atoms in total. The Hall–Kier alpha value is -3.26. The Bertz CT molecular complexity index is 1040. The average Bonchev–Trinajstić information content (AvgIpc) is 2.93. The molecule has 138 valence electrons. The summed E-state index contributed by atoms with van der Waals surface area (Å²) in [6.07, 6.45) is 1.50. The van der Waals surface area contributed by atoms with Crippen molar-refractivity contribution < 1.29 is 14.1 Å². The standard InChI is InChI=1S/C18H14ClFN4O3/c1-11-14(6-3-7-16(11)24(26)27)18(25)21-17-15(19)10-23(22-17)9-12-4-2-5-13(20)8-12/h2-8,10H,9H2,1H3,(H,21,22,25). The highest BCUT2D eigenvalue weighted by Gasteiger charge is 2.19. The average molecular weight is 389 g/mol. The van der Waals surface area contributed by atoms with Crippen molar-refractivity contribution in [3.8, 4) is 0 Å². The van der Waals surface area contributed by atoms with Crippen LogP contribution in [0.15, 0.2) is 48.7 Å². The summed E-state index contributed by atoms with van der Waals surface area (Å²) in [6.45, 7) is 1.76. The lowest BCUT2D eigenvalue weighted by Gasteiger charge is -2.06. The van der Waals surface area contributed by atoms with E-state index in [0.717, 1.165) is 0 Å². The summed E-state index contributed by atoms with van der Waals surface area (Å²) >= 11 is 6.12.